The molecule has 1 N–H and O–H groups in total. The summed E-state index contributed by atoms with van der Waals surface area (Å²) in [5.41, 5.74) is 7.61. The van der Waals surface area contributed by atoms with E-state index in [9.17, 15) is 4.79 Å². The summed E-state index contributed by atoms with van der Waals surface area (Å²) >= 11 is 12.2. The van der Waals surface area contributed by atoms with Crippen molar-refractivity contribution >= 4 is 35.3 Å². The Bertz CT molecular complexity index is 1010. The van der Waals surface area contributed by atoms with Gasteiger partial charge in [0.05, 0.1) is 16.3 Å². The Morgan fingerprint density at radius 2 is 1.82 bits per heavy atom. The Kier molecular flexibility index (Phi) is 6.55. The fourth-order valence-electron chi connectivity index (χ4n) is 3.07. The van der Waals surface area contributed by atoms with E-state index in [1.165, 1.54) is 0 Å². The fraction of sp³-hybridized carbons (Fsp3) is 0.182. The minimum atomic E-state index is -0.113. The van der Waals surface area contributed by atoms with Crippen molar-refractivity contribution in [3.8, 4) is 5.69 Å². The second-order valence-corrected chi connectivity index (χ2v) is 7.35. The van der Waals surface area contributed by atoms with Crippen molar-refractivity contribution in [1.29, 1.82) is 0 Å². The van der Waals surface area contributed by atoms with Gasteiger partial charge >= 0.3 is 0 Å². The number of rotatable bonds is 6. The number of nitrogens with one attached hydrogen (secondary N) is 1. The molecule has 0 aliphatic rings. The largest absolute Gasteiger partial charge is 0.318 e. The maximum Gasteiger partial charge on any atom is 0.240 e. The van der Waals surface area contributed by atoms with E-state index < -0.39 is 0 Å². The number of hydrogen-bond acceptors (Lipinski definition) is 2. The average molecular weight is 414 g/mol. The first-order valence-corrected chi connectivity index (χ1v) is 9.71. The second kappa shape index (κ2) is 9.09. The molecule has 1 heterocycles. The van der Waals surface area contributed by atoms with Crippen LogP contribution in [-0.2, 0) is 11.2 Å². The molecule has 1 amide bonds. The normalized spacial score (nSPS) is 11.1. The van der Waals surface area contributed by atoms with Crippen molar-refractivity contribution in [2.45, 2.75) is 26.7 Å². The highest BCUT2D eigenvalue weighted by molar-refractivity contribution is 6.42. The number of aryl methyl sites for hydroxylation is 2. The molecule has 3 rings (SSSR count). The number of hydrogen-bond donors (Lipinski definition) is 1. The van der Waals surface area contributed by atoms with Gasteiger partial charge in [0.2, 0.25) is 5.91 Å². The molecule has 0 atom stereocenters. The molecule has 2 aromatic carbocycles. The van der Waals surface area contributed by atoms with E-state index in [0.717, 1.165) is 28.2 Å². The molecule has 0 bridgehead atoms. The van der Waals surface area contributed by atoms with E-state index >= 15 is 0 Å². The third kappa shape index (κ3) is 4.83. The highest BCUT2D eigenvalue weighted by atomic mass is 35.5. The summed E-state index contributed by atoms with van der Waals surface area (Å²) in [4.78, 5) is 12.0. The van der Waals surface area contributed by atoms with Gasteiger partial charge in [0.1, 0.15) is 0 Å². The molecule has 4 nitrogen and oxygen atoms in total. The summed E-state index contributed by atoms with van der Waals surface area (Å²) in [6.07, 6.45) is 2.74. The van der Waals surface area contributed by atoms with E-state index in [0.29, 0.717) is 22.9 Å². The lowest BCUT2D eigenvalue weighted by Crippen LogP contribution is -2.17. The van der Waals surface area contributed by atoms with Gasteiger partial charge in [-0.1, -0.05) is 53.5 Å². The van der Waals surface area contributed by atoms with E-state index in [2.05, 4.69) is 15.1 Å². The van der Waals surface area contributed by atoms with Gasteiger partial charge in [0.25, 0.3) is 0 Å². The van der Waals surface area contributed by atoms with Gasteiger partial charge in [-0.2, -0.15) is 5.10 Å². The van der Waals surface area contributed by atoms with E-state index in [1.54, 1.807) is 12.3 Å². The minimum absolute atomic E-state index is 0.113. The van der Waals surface area contributed by atoms with E-state index in [4.69, 9.17) is 23.2 Å². The molecule has 0 aliphatic heterocycles. The van der Waals surface area contributed by atoms with Crippen molar-refractivity contribution in [2.24, 2.45) is 5.10 Å². The Balaban J connectivity index is 1.66. The third-order valence-corrected chi connectivity index (χ3v) is 5.25. The number of aromatic nitrogens is 1. The van der Waals surface area contributed by atoms with Crippen molar-refractivity contribution < 1.29 is 4.79 Å². The van der Waals surface area contributed by atoms with Crippen LogP contribution < -0.4 is 5.43 Å². The average Bonchev–Trinajstić information content (AvgIpc) is 2.97. The molecule has 6 heteroatoms. The summed E-state index contributed by atoms with van der Waals surface area (Å²) < 4.78 is 2.07. The summed E-state index contributed by atoms with van der Waals surface area (Å²) in [7, 11) is 0. The number of benzene rings is 2. The number of carbonyl (C=O) groups excluding carboxylic acids is 1. The van der Waals surface area contributed by atoms with Crippen LogP contribution in [0, 0.1) is 13.8 Å². The van der Waals surface area contributed by atoms with E-state index in [1.807, 2.05) is 62.4 Å². The molecule has 0 saturated heterocycles. The second-order valence-electron chi connectivity index (χ2n) is 6.54. The maximum absolute atomic E-state index is 12.0. The van der Waals surface area contributed by atoms with Crippen LogP contribution in [0.2, 0.25) is 10.0 Å². The predicted molar refractivity (Wildman–Crippen MR) is 116 cm³/mol. The molecular formula is C22H21Cl2N3O. The van der Waals surface area contributed by atoms with Crippen LogP contribution in [0.15, 0.2) is 59.7 Å². The zero-order chi connectivity index (χ0) is 20.1. The fourth-order valence-corrected chi connectivity index (χ4v) is 3.36. The summed E-state index contributed by atoms with van der Waals surface area (Å²) in [5, 5.41) is 5.14. The number of nitrogens with zero attached hydrogens (tertiary/aromatic N) is 2. The molecule has 0 saturated carbocycles. The van der Waals surface area contributed by atoms with Gasteiger partial charge in [0, 0.05) is 29.1 Å². The zero-order valence-electron chi connectivity index (χ0n) is 15.7. The predicted octanol–water partition coefficient (Wildman–Crippen LogP) is 5.48. The standard InChI is InChI=1S/C22H21Cl2N3O/c1-15-12-18(16(2)27(15)19-9-10-20(23)21(24)13-19)14-25-26-22(28)11-8-17-6-4-3-5-7-17/h3-7,9-10,12-14H,8,11H2,1-2H3,(H,26,28)/b25-14-. The van der Waals surface area contributed by atoms with Crippen LogP contribution in [-0.4, -0.2) is 16.7 Å². The lowest BCUT2D eigenvalue weighted by atomic mass is 10.1. The molecular weight excluding hydrogens is 393 g/mol. The smallest absolute Gasteiger partial charge is 0.240 e. The Labute approximate surface area is 174 Å². The van der Waals surface area contributed by atoms with Crippen LogP contribution in [0.1, 0.15) is 28.9 Å². The number of halogens is 2. The van der Waals surface area contributed by atoms with Crippen molar-refractivity contribution in [3.63, 3.8) is 0 Å². The Morgan fingerprint density at radius 3 is 2.54 bits per heavy atom. The number of amides is 1. The number of hydrazone groups is 1. The molecule has 144 valence electrons. The van der Waals surface area contributed by atoms with Gasteiger partial charge in [-0.05, 0) is 50.1 Å². The van der Waals surface area contributed by atoms with E-state index in [-0.39, 0.29) is 5.91 Å². The van der Waals surface area contributed by atoms with Crippen molar-refractivity contribution in [3.05, 3.63) is 87.2 Å². The molecule has 0 unspecified atom stereocenters. The van der Waals surface area contributed by atoms with Crippen LogP contribution in [0.3, 0.4) is 0 Å². The van der Waals surface area contributed by atoms with Gasteiger partial charge in [0.15, 0.2) is 0 Å². The summed E-state index contributed by atoms with van der Waals surface area (Å²) in [6.45, 7) is 4.00. The quantitative estimate of drug-likeness (QED) is 0.421. The lowest BCUT2D eigenvalue weighted by molar-refractivity contribution is -0.121. The monoisotopic (exact) mass is 413 g/mol. The van der Waals surface area contributed by atoms with Gasteiger partial charge < -0.3 is 4.57 Å². The van der Waals surface area contributed by atoms with Gasteiger partial charge in [-0.25, -0.2) is 5.43 Å². The molecule has 0 fully saturated rings. The van der Waals surface area contributed by atoms with Crippen LogP contribution in [0.4, 0.5) is 0 Å². The Morgan fingerprint density at radius 1 is 1.07 bits per heavy atom. The van der Waals surface area contributed by atoms with Gasteiger partial charge in [-0.15, -0.1) is 0 Å². The molecule has 0 spiro atoms. The van der Waals surface area contributed by atoms with Gasteiger partial charge in [-0.3, -0.25) is 4.79 Å². The molecule has 1 aromatic heterocycles. The lowest BCUT2D eigenvalue weighted by Gasteiger charge is -2.10. The molecule has 0 radical (unpaired) electrons. The summed E-state index contributed by atoms with van der Waals surface area (Å²) in [6, 6.07) is 17.4. The van der Waals surface area contributed by atoms with Crippen LogP contribution >= 0.6 is 23.2 Å². The maximum atomic E-state index is 12.0. The first kappa shape index (κ1) is 20.2. The summed E-state index contributed by atoms with van der Waals surface area (Å²) in [5.74, 6) is -0.113. The van der Waals surface area contributed by atoms with Crippen molar-refractivity contribution in [1.82, 2.24) is 9.99 Å². The first-order chi connectivity index (χ1) is 13.5. The first-order valence-electron chi connectivity index (χ1n) is 8.96. The third-order valence-electron chi connectivity index (χ3n) is 4.51. The van der Waals surface area contributed by atoms with Crippen LogP contribution in [0.5, 0.6) is 0 Å². The topological polar surface area (TPSA) is 46.4 Å². The molecule has 0 aliphatic carbocycles. The zero-order valence-corrected chi connectivity index (χ0v) is 17.3. The highest BCUT2D eigenvalue weighted by Gasteiger charge is 2.11. The van der Waals surface area contributed by atoms with Crippen LogP contribution in [0.25, 0.3) is 5.69 Å². The minimum Gasteiger partial charge on any atom is -0.318 e. The highest BCUT2D eigenvalue weighted by Crippen LogP contribution is 2.27. The Hall–Kier alpha value is -2.56. The number of carbonyl (C=O) groups is 1. The molecule has 3 aromatic rings. The SMILES string of the molecule is Cc1cc(/C=N\NC(=O)CCc2ccccc2)c(C)n1-c1ccc(Cl)c(Cl)c1. The van der Waals surface area contributed by atoms with Crippen molar-refractivity contribution in [2.75, 3.05) is 0 Å². The molecule has 28 heavy (non-hydrogen) atoms.